The Balaban J connectivity index is 2.27. The average molecular weight is 324 g/mol. The molecule has 0 unspecified atom stereocenters. The minimum absolute atomic E-state index is 0.410. The van der Waals surface area contributed by atoms with E-state index in [-0.39, 0.29) is 0 Å². The second kappa shape index (κ2) is 8.17. The first-order valence-corrected chi connectivity index (χ1v) is 7.78. The highest BCUT2D eigenvalue weighted by atomic mass is 35.5. The van der Waals surface area contributed by atoms with Crippen molar-refractivity contribution in [3.8, 4) is 29.1 Å². The molecule has 5 heteroatoms. The van der Waals surface area contributed by atoms with Gasteiger partial charge in [-0.2, -0.15) is 0 Å². The normalized spacial score (nSPS) is 14.9. The number of likely N-dealkylation sites (tertiary alicyclic amines) is 1. The van der Waals surface area contributed by atoms with Crippen molar-refractivity contribution in [3.05, 3.63) is 16.7 Å². The monoisotopic (exact) mass is 323 g/mol. The smallest absolute Gasteiger partial charge is 0.160 e. The van der Waals surface area contributed by atoms with E-state index in [1.807, 2.05) is 0 Å². The largest absolute Gasteiger partial charge is 0.495 e. The molecule has 2 rings (SSSR count). The maximum Gasteiger partial charge on any atom is 0.160 e. The number of halogens is 1. The maximum absolute atomic E-state index is 6.29. The molecule has 1 aliphatic heterocycles. The summed E-state index contributed by atoms with van der Waals surface area (Å²) in [7, 11) is 4.72. The highest BCUT2D eigenvalue weighted by molar-refractivity contribution is 6.33. The molecule has 1 aliphatic rings. The van der Waals surface area contributed by atoms with Gasteiger partial charge in [0.2, 0.25) is 0 Å². The van der Waals surface area contributed by atoms with E-state index in [2.05, 4.69) is 16.7 Å². The molecule has 0 atom stereocenters. The fourth-order valence-electron chi connectivity index (χ4n) is 2.56. The molecule has 1 heterocycles. The third kappa shape index (κ3) is 3.79. The Morgan fingerprint density at radius 1 is 1.05 bits per heavy atom. The fourth-order valence-corrected chi connectivity index (χ4v) is 2.87. The van der Waals surface area contributed by atoms with Crippen molar-refractivity contribution in [2.24, 2.45) is 0 Å². The van der Waals surface area contributed by atoms with Crippen molar-refractivity contribution in [2.75, 3.05) is 41.0 Å². The first-order chi connectivity index (χ1) is 10.7. The van der Waals surface area contributed by atoms with Crippen LogP contribution in [0.4, 0.5) is 0 Å². The maximum atomic E-state index is 6.29. The van der Waals surface area contributed by atoms with Crippen LogP contribution in [0.15, 0.2) is 6.07 Å². The van der Waals surface area contributed by atoms with E-state index in [4.69, 9.17) is 25.8 Å². The molecule has 1 saturated heterocycles. The molecule has 0 saturated carbocycles. The van der Waals surface area contributed by atoms with E-state index in [9.17, 15) is 0 Å². The Morgan fingerprint density at radius 3 is 2.32 bits per heavy atom. The van der Waals surface area contributed by atoms with Gasteiger partial charge in [0.15, 0.2) is 5.75 Å². The van der Waals surface area contributed by atoms with Crippen LogP contribution in [0.3, 0.4) is 0 Å². The number of hydrogen-bond donors (Lipinski definition) is 0. The molecule has 1 fully saturated rings. The van der Waals surface area contributed by atoms with Crippen LogP contribution in [0, 0.1) is 11.8 Å². The molecule has 22 heavy (non-hydrogen) atoms. The van der Waals surface area contributed by atoms with Crippen molar-refractivity contribution in [1.29, 1.82) is 0 Å². The molecule has 1 aromatic rings. The molecule has 0 spiro atoms. The highest BCUT2D eigenvalue weighted by Gasteiger charge is 2.18. The predicted octanol–water partition coefficient (Wildman–Crippen LogP) is 3.20. The lowest BCUT2D eigenvalue weighted by atomic mass is 10.1. The molecule has 0 bridgehead atoms. The molecule has 1 aromatic carbocycles. The minimum Gasteiger partial charge on any atom is -0.495 e. The van der Waals surface area contributed by atoms with Gasteiger partial charge in [0, 0.05) is 6.07 Å². The van der Waals surface area contributed by atoms with Crippen molar-refractivity contribution < 1.29 is 14.2 Å². The quantitative estimate of drug-likeness (QED) is 0.796. The fraction of sp³-hybridized carbons (Fsp3) is 0.529. The molecular weight excluding hydrogens is 302 g/mol. The standard InChI is InChI=1S/C17H22ClNO3/c1-20-14-12-15(21-2)16(18)17(22-3)13(14)8-7-11-19-9-5-4-6-10-19/h12H,4-6,9-11H2,1-3H3. The zero-order valence-electron chi connectivity index (χ0n) is 13.4. The predicted molar refractivity (Wildman–Crippen MR) is 88.3 cm³/mol. The summed E-state index contributed by atoms with van der Waals surface area (Å²) in [5, 5.41) is 0.410. The second-order valence-electron chi connectivity index (χ2n) is 5.14. The van der Waals surface area contributed by atoms with E-state index >= 15 is 0 Å². The van der Waals surface area contributed by atoms with E-state index in [1.54, 1.807) is 27.4 Å². The van der Waals surface area contributed by atoms with Crippen LogP contribution in [-0.4, -0.2) is 45.9 Å². The summed E-state index contributed by atoms with van der Waals surface area (Å²) in [6, 6.07) is 1.73. The third-order valence-electron chi connectivity index (χ3n) is 3.76. The number of hydrogen-bond acceptors (Lipinski definition) is 4. The molecule has 0 aromatic heterocycles. The molecule has 0 N–H and O–H groups in total. The Labute approximate surface area is 137 Å². The summed E-state index contributed by atoms with van der Waals surface area (Å²) in [6.45, 7) is 2.98. The summed E-state index contributed by atoms with van der Waals surface area (Å²) in [5.41, 5.74) is 0.660. The van der Waals surface area contributed by atoms with Gasteiger partial charge in [0.1, 0.15) is 22.1 Å². The van der Waals surface area contributed by atoms with Crippen LogP contribution >= 0.6 is 11.6 Å². The molecule has 120 valence electrons. The average Bonchev–Trinajstić information content (AvgIpc) is 2.56. The lowest BCUT2D eigenvalue weighted by molar-refractivity contribution is 0.255. The minimum atomic E-state index is 0.410. The number of ether oxygens (including phenoxy) is 3. The van der Waals surface area contributed by atoms with Crippen LogP contribution in [0.1, 0.15) is 24.8 Å². The number of methoxy groups -OCH3 is 3. The Hall–Kier alpha value is -1.57. The van der Waals surface area contributed by atoms with Gasteiger partial charge in [-0.3, -0.25) is 4.90 Å². The van der Waals surface area contributed by atoms with E-state index in [0.717, 1.165) is 19.6 Å². The summed E-state index contributed by atoms with van der Waals surface area (Å²) >= 11 is 6.29. The zero-order valence-corrected chi connectivity index (χ0v) is 14.1. The molecule has 0 aliphatic carbocycles. The first-order valence-electron chi connectivity index (χ1n) is 7.41. The van der Waals surface area contributed by atoms with Crippen molar-refractivity contribution in [1.82, 2.24) is 4.90 Å². The third-order valence-corrected chi connectivity index (χ3v) is 4.12. The number of rotatable bonds is 4. The van der Waals surface area contributed by atoms with Gasteiger partial charge in [-0.15, -0.1) is 0 Å². The van der Waals surface area contributed by atoms with Crippen LogP contribution < -0.4 is 14.2 Å². The van der Waals surface area contributed by atoms with Gasteiger partial charge in [0.05, 0.1) is 27.9 Å². The van der Waals surface area contributed by atoms with Crippen molar-refractivity contribution in [2.45, 2.75) is 19.3 Å². The van der Waals surface area contributed by atoms with Crippen LogP contribution in [-0.2, 0) is 0 Å². The lowest BCUT2D eigenvalue weighted by Crippen LogP contribution is -2.29. The van der Waals surface area contributed by atoms with Crippen LogP contribution in [0.5, 0.6) is 17.2 Å². The molecular formula is C17H22ClNO3. The molecule has 0 amide bonds. The molecule has 0 radical (unpaired) electrons. The summed E-state index contributed by atoms with van der Waals surface area (Å²) < 4.78 is 16.0. The number of nitrogens with zero attached hydrogens (tertiary/aromatic N) is 1. The molecule has 4 nitrogen and oxygen atoms in total. The summed E-state index contributed by atoms with van der Waals surface area (Å²) in [4.78, 5) is 2.36. The number of benzene rings is 1. The lowest BCUT2D eigenvalue weighted by Gasteiger charge is -2.23. The van der Waals surface area contributed by atoms with E-state index in [1.165, 1.54) is 19.3 Å². The van der Waals surface area contributed by atoms with Crippen LogP contribution in [0.2, 0.25) is 5.02 Å². The van der Waals surface area contributed by atoms with Gasteiger partial charge in [-0.1, -0.05) is 29.9 Å². The second-order valence-corrected chi connectivity index (χ2v) is 5.52. The van der Waals surface area contributed by atoms with Crippen LogP contribution in [0.25, 0.3) is 0 Å². The highest BCUT2D eigenvalue weighted by Crippen LogP contribution is 2.42. The first kappa shape index (κ1) is 16.8. The van der Waals surface area contributed by atoms with Gasteiger partial charge in [-0.05, 0) is 25.9 Å². The van der Waals surface area contributed by atoms with Gasteiger partial charge < -0.3 is 14.2 Å². The summed E-state index contributed by atoms with van der Waals surface area (Å²) in [6.07, 6.45) is 3.82. The summed E-state index contributed by atoms with van der Waals surface area (Å²) in [5.74, 6) is 7.95. The van der Waals surface area contributed by atoms with E-state index in [0.29, 0.717) is 27.8 Å². The van der Waals surface area contributed by atoms with Gasteiger partial charge in [-0.25, -0.2) is 0 Å². The zero-order chi connectivity index (χ0) is 15.9. The topological polar surface area (TPSA) is 30.9 Å². The number of piperidine rings is 1. The van der Waals surface area contributed by atoms with Crippen molar-refractivity contribution >= 4 is 11.6 Å². The van der Waals surface area contributed by atoms with Gasteiger partial charge >= 0.3 is 0 Å². The SMILES string of the molecule is COc1cc(OC)c(C#CCN2CCCCC2)c(OC)c1Cl. The Bertz CT molecular complexity index is 571. The van der Waals surface area contributed by atoms with E-state index < -0.39 is 0 Å². The Kier molecular flexibility index (Phi) is 6.23. The Morgan fingerprint density at radius 2 is 1.73 bits per heavy atom. The van der Waals surface area contributed by atoms with Crippen molar-refractivity contribution in [3.63, 3.8) is 0 Å². The van der Waals surface area contributed by atoms with Gasteiger partial charge in [0.25, 0.3) is 0 Å².